The van der Waals surface area contributed by atoms with Gasteiger partial charge in [0.2, 0.25) is 0 Å². The van der Waals surface area contributed by atoms with Crippen LogP contribution in [0.3, 0.4) is 0 Å². The molecular formula is C13H24N2O4. The molecule has 0 aromatic heterocycles. The van der Waals surface area contributed by atoms with Gasteiger partial charge in [-0.15, -0.1) is 0 Å². The summed E-state index contributed by atoms with van der Waals surface area (Å²) in [6.45, 7) is 1.29. The number of carbonyl (C=O) groups is 2. The number of methoxy groups -OCH3 is 2. The number of esters is 1. The second-order valence-electron chi connectivity index (χ2n) is 4.74. The van der Waals surface area contributed by atoms with Crippen LogP contribution in [0.25, 0.3) is 0 Å². The first-order valence-electron chi connectivity index (χ1n) is 6.78. The summed E-state index contributed by atoms with van der Waals surface area (Å²) in [4.78, 5) is 24.9. The zero-order valence-corrected chi connectivity index (χ0v) is 11.8. The molecule has 19 heavy (non-hydrogen) atoms. The molecule has 0 spiro atoms. The number of nitrogens with one attached hydrogen (secondary N) is 1. The first-order chi connectivity index (χ1) is 9.17. The van der Waals surface area contributed by atoms with Crippen LogP contribution in [-0.4, -0.2) is 56.9 Å². The van der Waals surface area contributed by atoms with E-state index in [1.54, 1.807) is 12.0 Å². The van der Waals surface area contributed by atoms with E-state index in [4.69, 9.17) is 4.74 Å². The van der Waals surface area contributed by atoms with Gasteiger partial charge < -0.3 is 19.7 Å². The van der Waals surface area contributed by atoms with Crippen LogP contribution in [0.1, 0.15) is 32.1 Å². The van der Waals surface area contributed by atoms with Crippen molar-refractivity contribution in [3.8, 4) is 0 Å². The molecule has 0 atom stereocenters. The minimum atomic E-state index is -0.309. The summed E-state index contributed by atoms with van der Waals surface area (Å²) in [6.07, 6.45) is 4.64. The lowest BCUT2D eigenvalue weighted by molar-refractivity contribution is -0.140. The van der Waals surface area contributed by atoms with Gasteiger partial charge in [0.1, 0.15) is 0 Å². The van der Waals surface area contributed by atoms with E-state index in [9.17, 15) is 9.59 Å². The minimum Gasteiger partial charge on any atom is -0.469 e. The number of carbonyl (C=O) groups excluding carboxylic acids is 2. The van der Waals surface area contributed by atoms with Gasteiger partial charge in [0, 0.05) is 26.2 Å². The fraction of sp³-hybridized carbons (Fsp3) is 0.846. The minimum absolute atomic E-state index is 0.118. The lowest BCUT2D eigenvalue weighted by Crippen LogP contribution is -2.46. The second-order valence-corrected chi connectivity index (χ2v) is 4.74. The molecule has 1 N–H and O–H groups in total. The summed E-state index contributed by atoms with van der Waals surface area (Å²) in [7, 11) is 2.94. The molecule has 1 saturated carbocycles. The third kappa shape index (κ3) is 5.92. The molecule has 0 heterocycles. The van der Waals surface area contributed by atoms with Gasteiger partial charge >= 0.3 is 12.0 Å². The van der Waals surface area contributed by atoms with Crippen LogP contribution in [0.15, 0.2) is 0 Å². The number of amides is 2. The number of hydrogen-bond donors (Lipinski definition) is 1. The third-order valence-corrected chi connectivity index (χ3v) is 3.35. The standard InChI is InChI=1S/C13H24N2O4/c1-18-10-9-15(8-7-12(16)19-2)13(17)14-11-5-3-4-6-11/h11H,3-10H2,1-2H3,(H,14,17). The Bertz CT molecular complexity index is 290. The van der Waals surface area contributed by atoms with E-state index in [0.717, 1.165) is 12.8 Å². The molecule has 0 unspecified atom stereocenters. The largest absolute Gasteiger partial charge is 0.469 e. The molecule has 0 aromatic rings. The van der Waals surface area contributed by atoms with Crippen molar-refractivity contribution in [3.63, 3.8) is 0 Å². The maximum atomic E-state index is 12.1. The Hall–Kier alpha value is -1.30. The van der Waals surface area contributed by atoms with E-state index in [0.29, 0.717) is 19.7 Å². The van der Waals surface area contributed by atoms with Crippen molar-refractivity contribution in [2.45, 2.75) is 38.1 Å². The Kier molecular flexibility index (Phi) is 7.25. The third-order valence-electron chi connectivity index (χ3n) is 3.35. The van der Waals surface area contributed by atoms with Gasteiger partial charge in [0.05, 0.1) is 20.1 Å². The van der Waals surface area contributed by atoms with Gasteiger partial charge in [0.25, 0.3) is 0 Å². The van der Waals surface area contributed by atoms with Crippen LogP contribution >= 0.6 is 0 Å². The van der Waals surface area contributed by atoms with Crippen LogP contribution in [0.5, 0.6) is 0 Å². The molecule has 2 amide bonds. The van der Waals surface area contributed by atoms with Crippen molar-refractivity contribution in [2.24, 2.45) is 0 Å². The average molecular weight is 272 g/mol. The fourth-order valence-corrected chi connectivity index (χ4v) is 2.18. The quantitative estimate of drug-likeness (QED) is 0.706. The highest BCUT2D eigenvalue weighted by molar-refractivity contribution is 5.76. The maximum absolute atomic E-state index is 12.1. The topological polar surface area (TPSA) is 67.9 Å². The van der Waals surface area contributed by atoms with Crippen molar-refractivity contribution in [1.82, 2.24) is 10.2 Å². The second kappa shape index (κ2) is 8.74. The number of nitrogens with zero attached hydrogens (tertiary/aromatic N) is 1. The molecule has 0 aromatic carbocycles. The molecule has 1 aliphatic rings. The SMILES string of the molecule is COCCN(CCC(=O)OC)C(=O)NC1CCCC1. The van der Waals surface area contributed by atoms with Crippen LogP contribution < -0.4 is 5.32 Å². The maximum Gasteiger partial charge on any atom is 0.317 e. The van der Waals surface area contributed by atoms with Gasteiger partial charge in [-0.1, -0.05) is 12.8 Å². The monoisotopic (exact) mass is 272 g/mol. The van der Waals surface area contributed by atoms with Crippen LogP contribution in [0.4, 0.5) is 4.79 Å². The van der Waals surface area contributed by atoms with Crippen LogP contribution in [-0.2, 0) is 14.3 Å². The zero-order chi connectivity index (χ0) is 14.1. The number of rotatable bonds is 7. The first kappa shape index (κ1) is 15.8. The Morgan fingerprint density at radius 3 is 2.47 bits per heavy atom. The van der Waals surface area contributed by atoms with Gasteiger partial charge in [-0.2, -0.15) is 0 Å². The Morgan fingerprint density at radius 1 is 1.21 bits per heavy atom. The van der Waals surface area contributed by atoms with Crippen molar-refractivity contribution < 1.29 is 19.1 Å². The molecule has 0 radical (unpaired) electrons. The molecule has 0 saturated heterocycles. The molecule has 0 aliphatic heterocycles. The molecule has 1 rings (SSSR count). The molecule has 1 aliphatic carbocycles. The fourth-order valence-electron chi connectivity index (χ4n) is 2.18. The predicted molar refractivity (Wildman–Crippen MR) is 70.9 cm³/mol. The summed E-state index contributed by atoms with van der Waals surface area (Å²) in [5.41, 5.74) is 0. The molecular weight excluding hydrogens is 248 g/mol. The predicted octanol–water partition coefficient (Wildman–Crippen LogP) is 1.15. The van der Waals surface area contributed by atoms with Crippen molar-refractivity contribution in [1.29, 1.82) is 0 Å². The highest BCUT2D eigenvalue weighted by Crippen LogP contribution is 2.17. The summed E-state index contributed by atoms with van der Waals surface area (Å²) >= 11 is 0. The molecule has 6 heteroatoms. The Labute approximate surface area is 114 Å². The van der Waals surface area contributed by atoms with E-state index in [2.05, 4.69) is 10.1 Å². The number of hydrogen-bond acceptors (Lipinski definition) is 4. The van der Waals surface area contributed by atoms with E-state index >= 15 is 0 Å². The summed E-state index contributed by atoms with van der Waals surface area (Å²) < 4.78 is 9.58. The van der Waals surface area contributed by atoms with E-state index in [1.807, 2.05) is 0 Å². The molecule has 6 nitrogen and oxygen atoms in total. The van der Waals surface area contributed by atoms with E-state index in [1.165, 1.54) is 20.0 Å². The summed E-state index contributed by atoms with van der Waals surface area (Å²) in [6, 6.07) is 0.156. The van der Waals surface area contributed by atoms with Gasteiger partial charge in [-0.05, 0) is 12.8 Å². The van der Waals surface area contributed by atoms with E-state index in [-0.39, 0.29) is 24.5 Å². The van der Waals surface area contributed by atoms with Crippen molar-refractivity contribution in [3.05, 3.63) is 0 Å². The molecule has 110 valence electrons. The van der Waals surface area contributed by atoms with Gasteiger partial charge in [-0.3, -0.25) is 4.79 Å². The smallest absolute Gasteiger partial charge is 0.317 e. The molecule has 0 bridgehead atoms. The average Bonchev–Trinajstić information content (AvgIpc) is 2.91. The van der Waals surface area contributed by atoms with Gasteiger partial charge in [-0.25, -0.2) is 4.79 Å². The van der Waals surface area contributed by atoms with E-state index < -0.39 is 0 Å². The Balaban J connectivity index is 2.40. The van der Waals surface area contributed by atoms with Crippen molar-refractivity contribution in [2.75, 3.05) is 33.9 Å². The number of urea groups is 1. The first-order valence-corrected chi connectivity index (χ1v) is 6.78. The lowest BCUT2D eigenvalue weighted by Gasteiger charge is -2.24. The van der Waals surface area contributed by atoms with Crippen LogP contribution in [0, 0.1) is 0 Å². The van der Waals surface area contributed by atoms with Crippen LogP contribution in [0.2, 0.25) is 0 Å². The zero-order valence-electron chi connectivity index (χ0n) is 11.8. The summed E-state index contributed by atoms with van der Waals surface area (Å²) in [5.74, 6) is -0.309. The van der Waals surface area contributed by atoms with Crippen molar-refractivity contribution >= 4 is 12.0 Å². The lowest BCUT2D eigenvalue weighted by atomic mass is 10.2. The number of ether oxygens (including phenoxy) is 2. The summed E-state index contributed by atoms with van der Waals surface area (Å²) in [5, 5.41) is 3.01. The molecule has 1 fully saturated rings. The Morgan fingerprint density at radius 2 is 1.89 bits per heavy atom. The van der Waals surface area contributed by atoms with Gasteiger partial charge in [0.15, 0.2) is 0 Å². The normalized spacial score (nSPS) is 15.3. The highest BCUT2D eigenvalue weighted by Gasteiger charge is 2.21. The highest BCUT2D eigenvalue weighted by atomic mass is 16.5.